The maximum Gasteiger partial charge on any atom is 0.321 e. The molecule has 0 spiro atoms. The summed E-state index contributed by atoms with van der Waals surface area (Å²) in [5.74, 6) is -0.772. The van der Waals surface area contributed by atoms with Crippen molar-refractivity contribution in [2.45, 2.75) is 49.7 Å². The minimum Gasteiger partial charge on any atom is -0.480 e. The van der Waals surface area contributed by atoms with Crippen LogP contribution >= 0.6 is 12.4 Å². The lowest BCUT2D eigenvalue weighted by atomic mass is 9.74. The lowest BCUT2D eigenvalue weighted by molar-refractivity contribution is -0.139. The summed E-state index contributed by atoms with van der Waals surface area (Å²) in [5.41, 5.74) is 2.45. The number of aliphatic carboxylic acids is 1. The maximum absolute atomic E-state index is 11.8. The highest BCUT2D eigenvalue weighted by molar-refractivity contribution is 5.85. The van der Waals surface area contributed by atoms with Gasteiger partial charge in [0.15, 0.2) is 0 Å². The normalized spacial score (nSPS) is 23.0. The van der Waals surface area contributed by atoms with E-state index in [9.17, 15) is 9.90 Å². The van der Waals surface area contributed by atoms with E-state index in [1.807, 2.05) is 30.3 Å². The average Bonchev–Trinajstić information content (AvgIpc) is 2.69. The van der Waals surface area contributed by atoms with Gasteiger partial charge < -0.3 is 10.4 Å². The quantitative estimate of drug-likeness (QED) is 0.732. The minimum atomic E-state index is -0.772. The van der Waals surface area contributed by atoms with Crippen LogP contribution in [0.15, 0.2) is 60.7 Å². The van der Waals surface area contributed by atoms with Gasteiger partial charge in [0.2, 0.25) is 0 Å². The Hall–Kier alpha value is -1.88. The molecule has 5 heteroatoms. The van der Waals surface area contributed by atoms with Gasteiger partial charge in [0.05, 0.1) is 0 Å². The largest absolute Gasteiger partial charge is 0.480 e. The van der Waals surface area contributed by atoms with Gasteiger partial charge in [0.1, 0.15) is 6.04 Å². The lowest BCUT2D eigenvalue weighted by Crippen LogP contribution is -2.51. The Bertz CT molecular complexity index is 729. The van der Waals surface area contributed by atoms with Crippen molar-refractivity contribution in [1.82, 2.24) is 10.2 Å². The fraction of sp³-hybridized carbons (Fsp3) is 0.435. The van der Waals surface area contributed by atoms with E-state index in [1.165, 1.54) is 5.56 Å². The maximum atomic E-state index is 11.8. The number of hydrogen-bond donors (Lipinski definition) is 2. The molecule has 28 heavy (non-hydrogen) atoms. The van der Waals surface area contributed by atoms with Crippen molar-refractivity contribution in [3.05, 3.63) is 71.8 Å². The zero-order chi connectivity index (χ0) is 19.3. The minimum absolute atomic E-state index is 0. The fourth-order valence-corrected chi connectivity index (χ4v) is 4.36. The van der Waals surface area contributed by atoms with Crippen molar-refractivity contribution in [2.75, 3.05) is 14.1 Å². The van der Waals surface area contributed by atoms with Gasteiger partial charge in [-0.05, 0) is 57.3 Å². The molecule has 1 unspecified atom stereocenters. The lowest BCUT2D eigenvalue weighted by Gasteiger charge is -2.46. The molecule has 1 saturated carbocycles. The van der Waals surface area contributed by atoms with Crippen molar-refractivity contribution in [1.29, 1.82) is 0 Å². The molecule has 1 atom stereocenters. The monoisotopic (exact) mass is 402 g/mol. The van der Waals surface area contributed by atoms with E-state index in [2.05, 4.69) is 54.6 Å². The summed E-state index contributed by atoms with van der Waals surface area (Å²) >= 11 is 0. The highest BCUT2D eigenvalue weighted by atomic mass is 35.5. The highest BCUT2D eigenvalue weighted by Crippen LogP contribution is 2.41. The first-order valence-electron chi connectivity index (χ1n) is 9.77. The van der Waals surface area contributed by atoms with Crippen LogP contribution < -0.4 is 5.32 Å². The summed E-state index contributed by atoms with van der Waals surface area (Å²) in [6.45, 7) is 0. The van der Waals surface area contributed by atoms with E-state index in [1.54, 1.807) is 0 Å². The average molecular weight is 403 g/mol. The smallest absolute Gasteiger partial charge is 0.321 e. The van der Waals surface area contributed by atoms with Crippen molar-refractivity contribution in [3.8, 4) is 0 Å². The second-order valence-corrected chi connectivity index (χ2v) is 7.81. The van der Waals surface area contributed by atoms with Crippen LogP contribution in [0.2, 0.25) is 0 Å². The number of halogens is 1. The van der Waals surface area contributed by atoms with Crippen LogP contribution in [0.25, 0.3) is 0 Å². The van der Waals surface area contributed by atoms with Gasteiger partial charge in [-0.25, -0.2) is 0 Å². The Balaban J connectivity index is 0.00000280. The molecular weight excluding hydrogens is 372 g/mol. The molecule has 1 aliphatic rings. The molecule has 3 rings (SSSR count). The van der Waals surface area contributed by atoms with Gasteiger partial charge in [-0.3, -0.25) is 9.69 Å². The van der Waals surface area contributed by atoms with Crippen LogP contribution in [0.4, 0.5) is 0 Å². The highest BCUT2D eigenvalue weighted by Gasteiger charge is 2.39. The first kappa shape index (κ1) is 22.4. The second-order valence-electron chi connectivity index (χ2n) is 7.81. The number of nitrogens with zero attached hydrogens (tertiary/aromatic N) is 1. The number of carboxylic acids is 1. The van der Waals surface area contributed by atoms with Gasteiger partial charge in [0, 0.05) is 11.6 Å². The van der Waals surface area contributed by atoms with Crippen LogP contribution in [0.5, 0.6) is 0 Å². The van der Waals surface area contributed by atoms with Crippen molar-refractivity contribution < 1.29 is 9.90 Å². The molecule has 0 saturated heterocycles. The standard InChI is InChI=1S/C23H30N2O2.ClH/c1-25(2)23(19-11-7-4-8-12-19)15-13-20(14-16-23)24-21(22(26)27)17-18-9-5-3-6-10-18;/h3-12,20-21,24H,13-17H2,1-2H3,(H,26,27);1H. The van der Waals surface area contributed by atoms with Crippen molar-refractivity contribution in [3.63, 3.8) is 0 Å². The molecule has 0 bridgehead atoms. The van der Waals surface area contributed by atoms with Gasteiger partial charge in [-0.15, -0.1) is 12.4 Å². The molecule has 4 nitrogen and oxygen atoms in total. The van der Waals surface area contributed by atoms with Crippen molar-refractivity contribution in [2.24, 2.45) is 0 Å². The second kappa shape index (κ2) is 10.1. The first-order chi connectivity index (χ1) is 13.0. The molecule has 2 aromatic rings. The number of carboxylic acid groups (broad SMARTS) is 1. The predicted octanol–water partition coefficient (Wildman–Crippen LogP) is 4.09. The molecule has 0 aromatic heterocycles. The molecule has 0 radical (unpaired) electrons. The van der Waals surface area contributed by atoms with Gasteiger partial charge >= 0.3 is 5.97 Å². The summed E-state index contributed by atoms with van der Waals surface area (Å²) in [6, 6.07) is 20.2. The summed E-state index contributed by atoms with van der Waals surface area (Å²) in [7, 11) is 4.30. The number of nitrogens with one attached hydrogen (secondary N) is 1. The van der Waals surface area contributed by atoms with Gasteiger partial charge in [0.25, 0.3) is 0 Å². The van der Waals surface area contributed by atoms with E-state index in [0.29, 0.717) is 6.42 Å². The number of carbonyl (C=O) groups is 1. The van der Waals surface area contributed by atoms with Crippen molar-refractivity contribution >= 4 is 18.4 Å². The van der Waals surface area contributed by atoms with Gasteiger partial charge in [-0.1, -0.05) is 60.7 Å². The summed E-state index contributed by atoms with van der Waals surface area (Å²) in [6.07, 6.45) is 4.53. The van der Waals surface area contributed by atoms with Gasteiger partial charge in [-0.2, -0.15) is 0 Å². The Morgan fingerprint density at radius 3 is 2.11 bits per heavy atom. The SMILES string of the molecule is CN(C)C1(c2ccccc2)CCC(NC(Cc2ccccc2)C(=O)O)CC1.Cl. The third-order valence-electron chi connectivity index (χ3n) is 6.00. The van der Waals surface area contributed by atoms with E-state index in [0.717, 1.165) is 31.2 Å². The molecule has 2 N–H and O–H groups in total. The van der Waals surface area contributed by atoms with Crippen LogP contribution in [0, 0.1) is 0 Å². The molecule has 2 aromatic carbocycles. The number of hydrogen-bond acceptors (Lipinski definition) is 3. The molecule has 0 heterocycles. The van der Waals surface area contributed by atoms with Crippen LogP contribution in [-0.2, 0) is 16.8 Å². The zero-order valence-electron chi connectivity index (χ0n) is 16.7. The Morgan fingerprint density at radius 1 is 1.07 bits per heavy atom. The Kier molecular flexibility index (Phi) is 8.05. The zero-order valence-corrected chi connectivity index (χ0v) is 17.5. The molecule has 0 aliphatic heterocycles. The van der Waals surface area contributed by atoms with E-state index < -0.39 is 12.0 Å². The van der Waals surface area contributed by atoms with Crippen LogP contribution in [-0.4, -0.2) is 42.2 Å². The van der Waals surface area contributed by atoms with E-state index in [-0.39, 0.29) is 24.0 Å². The third kappa shape index (κ3) is 5.13. The summed E-state index contributed by atoms with van der Waals surface area (Å²) in [5, 5.41) is 13.1. The topological polar surface area (TPSA) is 52.6 Å². The van der Waals surface area contributed by atoms with E-state index in [4.69, 9.17) is 0 Å². The predicted molar refractivity (Wildman–Crippen MR) is 116 cm³/mol. The van der Waals surface area contributed by atoms with Crippen LogP contribution in [0.3, 0.4) is 0 Å². The number of rotatable bonds is 7. The van der Waals surface area contributed by atoms with E-state index >= 15 is 0 Å². The fourth-order valence-electron chi connectivity index (χ4n) is 4.36. The van der Waals surface area contributed by atoms with Crippen LogP contribution in [0.1, 0.15) is 36.8 Å². The summed E-state index contributed by atoms with van der Waals surface area (Å²) in [4.78, 5) is 14.1. The first-order valence-corrected chi connectivity index (χ1v) is 9.77. The Labute approximate surface area is 174 Å². The molecule has 1 fully saturated rings. The third-order valence-corrected chi connectivity index (χ3v) is 6.00. The molecule has 0 amide bonds. The summed E-state index contributed by atoms with van der Waals surface area (Å²) < 4.78 is 0. The molecule has 1 aliphatic carbocycles. The Morgan fingerprint density at radius 2 is 1.61 bits per heavy atom. The molecule has 152 valence electrons. The molecular formula is C23H31ClN2O2. The number of benzene rings is 2.